The smallest absolute Gasteiger partial charge is 0.314 e. The number of methoxy groups -OCH3 is 1. The maximum atomic E-state index is 11.5. The van der Waals surface area contributed by atoms with E-state index in [1.807, 2.05) is 20.8 Å². The minimum absolute atomic E-state index is 0.143. The summed E-state index contributed by atoms with van der Waals surface area (Å²) in [4.78, 5) is 22.0. The fourth-order valence-corrected chi connectivity index (χ4v) is 1.44. The van der Waals surface area contributed by atoms with Crippen molar-refractivity contribution in [3.8, 4) is 0 Å². The first kappa shape index (κ1) is 17.7. The monoisotopic (exact) mass is 276 g/mol. The van der Waals surface area contributed by atoms with Gasteiger partial charge in [0.05, 0.1) is 18.1 Å². The molecule has 0 bridgehead atoms. The van der Waals surface area contributed by atoms with Gasteiger partial charge in [-0.15, -0.1) is 0 Å². The summed E-state index contributed by atoms with van der Waals surface area (Å²) in [6.07, 6.45) is -0.690. The summed E-state index contributed by atoms with van der Waals surface area (Å²) in [5.74, 6) is -0.966. The summed E-state index contributed by atoms with van der Waals surface area (Å²) >= 11 is 0. The molecule has 0 aliphatic heterocycles. The molecule has 112 valence electrons. The van der Waals surface area contributed by atoms with Crippen LogP contribution in [-0.2, 0) is 14.3 Å². The molecule has 1 atom stereocenters. The van der Waals surface area contributed by atoms with E-state index in [1.165, 1.54) is 7.11 Å². The van der Waals surface area contributed by atoms with Gasteiger partial charge in [0.15, 0.2) is 0 Å². The number of hydrogen-bond donors (Lipinski definition) is 3. The molecule has 0 radical (unpaired) electrons. The molecule has 0 aliphatic carbocycles. The third-order valence-electron chi connectivity index (χ3n) is 2.44. The van der Waals surface area contributed by atoms with Crippen molar-refractivity contribution in [1.82, 2.24) is 10.6 Å². The number of ether oxygens (including phenoxy) is 2. The van der Waals surface area contributed by atoms with Crippen LogP contribution in [0.1, 0.15) is 27.2 Å². The van der Waals surface area contributed by atoms with E-state index in [0.29, 0.717) is 13.2 Å². The standard InChI is InChI=1S/C12H24N2O5/c1-5-19-12(2,3)8-14-11(17)13-7-9(18-4)6-10(15)16/h9H,5-8H2,1-4H3,(H,15,16)(H2,13,14,17). The lowest BCUT2D eigenvalue weighted by atomic mass is 10.1. The zero-order valence-electron chi connectivity index (χ0n) is 12.0. The number of rotatable bonds is 9. The third kappa shape index (κ3) is 9.26. The number of nitrogens with one attached hydrogen (secondary N) is 2. The summed E-state index contributed by atoms with van der Waals surface area (Å²) in [5.41, 5.74) is -0.437. The first-order valence-corrected chi connectivity index (χ1v) is 6.21. The van der Waals surface area contributed by atoms with Gasteiger partial charge >= 0.3 is 12.0 Å². The Morgan fingerprint density at radius 1 is 1.32 bits per heavy atom. The number of hydrogen-bond acceptors (Lipinski definition) is 4. The fraction of sp³-hybridized carbons (Fsp3) is 0.833. The Morgan fingerprint density at radius 3 is 2.42 bits per heavy atom. The zero-order chi connectivity index (χ0) is 14.9. The SMILES string of the molecule is CCOC(C)(C)CNC(=O)NCC(CC(=O)O)OC. The second-order valence-electron chi connectivity index (χ2n) is 4.71. The van der Waals surface area contributed by atoms with Crippen molar-refractivity contribution < 1.29 is 24.2 Å². The van der Waals surface area contributed by atoms with E-state index in [1.54, 1.807) is 0 Å². The quantitative estimate of drug-likeness (QED) is 0.572. The van der Waals surface area contributed by atoms with E-state index >= 15 is 0 Å². The van der Waals surface area contributed by atoms with Gasteiger partial charge in [0.2, 0.25) is 0 Å². The molecule has 2 amide bonds. The average Bonchev–Trinajstić information content (AvgIpc) is 2.31. The van der Waals surface area contributed by atoms with E-state index in [9.17, 15) is 9.59 Å². The number of carbonyl (C=O) groups is 2. The molecule has 0 rings (SSSR count). The number of amides is 2. The number of urea groups is 1. The molecule has 7 heteroatoms. The van der Waals surface area contributed by atoms with Crippen molar-refractivity contribution >= 4 is 12.0 Å². The highest BCUT2D eigenvalue weighted by molar-refractivity contribution is 5.74. The molecule has 0 spiro atoms. The lowest BCUT2D eigenvalue weighted by Crippen LogP contribution is -2.46. The van der Waals surface area contributed by atoms with Gasteiger partial charge in [-0.05, 0) is 20.8 Å². The van der Waals surface area contributed by atoms with Gasteiger partial charge in [-0.25, -0.2) is 4.79 Å². The van der Waals surface area contributed by atoms with E-state index in [-0.39, 0.29) is 19.0 Å². The van der Waals surface area contributed by atoms with Crippen molar-refractivity contribution in [2.45, 2.75) is 38.9 Å². The maximum Gasteiger partial charge on any atom is 0.314 e. The van der Waals surface area contributed by atoms with Crippen LogP contribution in [0.4, 0.5) is 4.79 Å². The van der Waals surface area contributed by atoms with E-state index in [2.05, 4.69) is 10.6 Å². The van der Waals surface area contributed by atoms with Crippen LogP contribution in [0, 0.1) is 0 Å². The highest BCUT2D eigenvalue weighted by Crippen LogP contribution is 2.06. The molecule has 0 saturated carbocycles. The number of carbonyl (C=O) groups excluding carboxylic acids is 1. The Labute approximate surface area is 113 Å². The van der Waals surface area contributed by atoms with Crippen LogP contribution in [0.5, 0.6) is 0 Å². The molecule has 0 heterocycles. The van der Waals surface area contributed by atoms with Gasteiger partial charge in [0.1, 0.15) is 0 Å². The molecule has 19 heavy (non-hydrogen) atoms. The number of aliphatic carboxylic acids is 1. The minimum Gasteiger partial charge on any atom is -0.481 e. The Hall–Kier alpha value is -1.34. The predicted octanol–water partition coefficient (Wildman–Crippen LogP) is 0.590. The Bertz CT molecular complexity index is 294. The zero-order valence-corrected chi connectivity index (χ0v) is 12.0. The summed E-state index contributed by atoms with van der Waals surface area (Å²) in [6.45, 7) is 6.71. The highest BCUT2D eigenvalue weighted by Gasteiger charge is 2.19. The lowest BCUT2D eigenvalue weighted by molar-refractivity contribution is -0.139. The van der Waals surface area contributed by atoms with Gasteiger partial charge < -0.3 is 25.2 Å². The summed E-state index contributed by atoms with van der Waals surface area (Å²) < 4.78 is 10.4. The normalized spacial score (nSPS) is 12.8. The average molecular weight is 276 g/mol. The fourth-order valence-electron chi connectivity index (χ4n) is 1.44. The number of carboxylic acids is 1. The summed E-state index contributed by atoms with van der Waals surface area (Å²) in [5, 5.41) is 13.8. The molecule has 1 unspecified atom stereocenters. The van der Waals surface area contributed by atoms with Crippen LogP contribution in [0.2, 0.25) is 0 Å². The molecule has 0 aliphatic rings. The molecular weight excluding hydrogens is 252 g/mol. The van der Waals surface area contributed by atoms with E-state index in [4.69, 9.17) is 14.6 Å². The van der Waals surface area contributed by atoms with Crippen molar-refractivity contribution in [3.05, 3.63) is 0 Å². The third-order valence-corrected chi connectivity index (χ3v) is 2.44. The second-order valence-corrected chi connectivity index (χ2v) is 4.71. The molecule has 0 aromatic carbocycles. The first-order valence-electron chi connectivity index (χ1n) is 6.21. The van der Waals surface area contributed by atoms with E-state index in [0.717, 1.165) is 0 Å². The highest BCUT2D eigenvalue weighted by atomic mass is 16.5. The van der Waals surface area contributed by atoms with Crippen molar-refractivity contribution in [1.29, 1.82) is 0 Å². The van der Waals surface area contributed by atoms with E-state index < -0.39 is 17.7 Å². The predicted molar refractivity (Wildman–Crippen MR) is 70.2 cm³/mol. The van der Waals surface area contributed by atoms with Gasteiger partial charge in [-0.2, -0.15) is 0 Å². The van der Waals surface area contributed by atoms with Crippen LogP contribution >= 0.6 is 0 Å². The van der Waals surface area contributed by atoms with Gasteiger partial charge in [0.25, 0.3) is 0 Å². The van der Waals surface area contributed by atoms with Crippen LogP contribution in [0.3, 0.4) is 0 Å². The van der Waals surface area contributed by atoms with Crippen LogP contribution in [-0.4, -0.2) is 55.6 Å². The minimum atomic E-state index is -0.966. The van der Waals surface area contributed by atoms with Crippen LogP contribution in [0.15, 0.2) is 0 Å². The topological polar surface area (TPSA) is 96.9 Å². The van der Waals surface area contributed by atoms with Gasteiger partial charge in [-0.1, -0.05) is 0 Å². The van der Waals surface area contributed by atoms with Gasteiger partial charge in [0, 0.05) is 26.8 Å². The van der Waals surface area contributed by atoms with Crippen LogP contribution < -0.4 is 10.6 Å². The summed E-state index contributed by atoms with van der Waals surface area (Å²) in [7, 11) is 1.41. The number of carboxylic acid groups (broad SMARTS) is 1. The molecule has 0 fully saturated rings. The van der Waals surface area contributed by atoms with Crippen molar-refractivity contribution in [3.63, 3.8) is 0 Å². The Kier molecular flexibility index (Phi) is 8.09. The molecule has 0 aromatic heterocycles. The van der Waals surface area contributed by atoms with Gasteiger partial charge in [-0.3, -0.25) is 4.79 Å². The molecule has 7 nitrogen and oxygen atoms in total. The molecule has 0 saturated heterocycles. The summed E-state index contributed by atoms with van der Waals surface area (Å²) in [6, 6.07) is -0.375. The Balaban J connectivity index is 3.94. The molecule has 3 N–H and O–H groups in total. The maximum absolute atomic E-state index is 11.5. The van der Waals surface area contributed by atoms with Crippen molar-refractivity contribution in [2.75, 3.05) is 26.8 Å². The second kappa shape index (κ2) is 8.71. The molecule has 0 aromatic rings. The largest absolute Gasteiger partial charge is 0.481 e. The Morgan fingerprint density at radius 2 is 1.95 bits per heavy atom. The lowest BCUT2D eigenvalue weighted by Gasteiger charge is -2.25. The first-order chi connectivity index (χ1) is 8.80. The van der Waals surface area contributed by atoms with Crippen molar-refractivity contribution in [2.24, 2.45) is 0 Å². The molecular formula is C12H24N2O5. The van der Waals surface area contributed by atoms with Crippen LogP contribution in [0.25, 0.3) is 0 Å².